The standard InChI is InChI=1S/C14H11ClN4O4/c1-8-3-2-4-12(16-8)18-14(21)13(20)17-9-5-6-10(15)11(7-9)19(22)23/h2-7H,1H3,(H,17,20)(H,16,18,21). The molecule has 1 aromatic carbocycles. The van der Waals surface area contributed by atoms with E-state index in [-0.39, 0.29) is 22.2 Å². The zero-order valence-electron chi connectivity index (χ0n) is 11.9. The van der Waals surface area contributed by atoms with Gasteiger partial charge in [-0.1, -0.05) is 17.7 Å². The average molecular weight is 335 g/mol. The van der Waals surface area contributed by atoms with Crippen LogP contribution in [0.2, 0.25) is 5.02 Å². The summed E-state index contributed by atoms with van der Waals surface area (Å²) in [5, 5.41) is 15.3. The van der Waals surface area contributed by atoms with Gasteiger partial charge >= 0.3 is 11.8 Å². The number of nitro groups is 1. The number of rotatable bonds is 3. The smallest absolute Gasteiger partial charge is 0.315 e. The van der Waals surface area contributed by atoms with E-state index in [0.29, 0.717) is 5.69 Å². The summed E-state index contributed by atoms with van der Waals surface area (Å²) in [6.45, 7) is 1.74. The number of anilines is 2. The normalized spacial score (nSPS) is 10.0. The second kappa shape index (κ2) is 6.84. The van der Waals surface area contributed by atoms with Crippen molar-refractivity contribution < 1.29 is 14.5 Å². The molecule has 0 saturated heterocycles. The number of carbonyl (C=O) groups is 2. The van der Waals surface area contributed by atoms with E-state index in [2.05, 4.69) is 15.6 Å². The van der Waals surface area contributed by atoms with Crippen LogP contribution in [-0.2, 0) is 9.59 Å². The maximum absolute atomic E-state index is 11.8. The molecule has 0 fully saturated rings. The summed E-state index contributed by atoms with van der Waals surface area (Å²) in [6.07, 6.45) is 0. The Kier molecular flexibility index (Phi) is 4.87. The minimum absolute atomic E-state index is 0.0681. The van der Waals surface area contributed by atoms with Crippen molar-refractivity contribution in [2.75, 3.05) is 10.6 Å². The van der Waals surface area contributed by atoms with Gasteiger partial charge in [-0.3, -0.25) is 19.7 Å². The summed E-state index contributed by atoms with van der Waals surface area (Å²) >= 11 is 5.67. The van der Waals surface area contributed by atoms with Crippen molar-refractivity contribution in [3.63, 3.8) is 0 Å². The van der Waals surface area contributed by atoms with Gasteiger partial charge in [0.1, 0.15) is 10.8 Å². The molecule has 2 rings (SSSR count). The lowest BCUT2D eigenvalue weighted by Crippen LogP contribution is -2.29. The maximum Gasteiger partial charge on any atom is 0.315 e. The molecule has 9 heteroatoms. The number of pyridine rings is 1. The molecule has 0 atom stereocenters. The number of carbonyl (C=O) groups excluding carboxylic acids is 2. The van der Waals surface area contributed by atoms with Crippen molar-refractivity contribution in [1.82, 2.24) is 4.98 Å². The van der Waals surface area contributed by atoms with Gasteiger partial charge in [-0.15, -0.1) is 0 Å². The lowest BCUT2D eigenvalue weighted by Gasteiger charge is -2.07. The summed E-state index contributed by atoms with van der Waals surface area (Å²) < 4.78 is 0. The Morgan fingerprint density at radius 2 is 1.87 bits per heavy atom. The molecule has 0 saturated carbocycles. The highest BCUT2D eigenvalue weighted by Gasteiger charge is 2.18. The Bertz CT molecular complexity index is 794. The van der Waals surface area contributed by atoms with Crippen LogP contribution >= 0.6 is 11.6 Å². The fourth-order valence-electron chi connectivity index (χ4n) is 1.70. The number of hydrogen-bond donors (Lipinski definition) is 2. The fourth-order valence-corrected chi connectivity index (χ4v) is 1.89. The lowest BCUT2D eigenvalue weighted by atomic mass is 10.2. The van der Waals surface area contributed by atoms with Crippen molar-refractivity contribution in [1.29, 1.82) is 0 Å². The van der Waals surface area contributed by atoms with Crippen molar-refractivity contribution in [2.45, 2.75) is 6.92 Å². The van der Waals surface area contributed by atoms with Gasteiger partial charge in [0, 0.05) is 17.4 Å². The number of nitrogens with zero attached hydrogens (tertiary/aromatic N) is 2. The number of halogens is 1. The largest absolute Gasteiger partial charge is 0.318 e. The van der Waals surface area contributed by atoms with Crippen molar-refractivity contribution in [3.05, 3.63) is 57.2 Å². The predicted octanol–water partition coefficient (Wildman–Crippen LogP) is 2.53. The summed E-state index contributed by atoms with van der Waals surface area (Å²) in [7, 11) is 0. The molecule has 2 aromatic rings. The molecule has 118 valence electrons. The highest BCUT2D eigenvalue weighted by Crippen LogP contribution is 2.27. The number of hydrogen-bond acceptors (Lipinski definition) is 5. The van der Waals surface area contributed by atoms with Crippen LogP contribution in [0.3, 0.4) is 0 Å². The van der Waals surface area contributed by atoms with Crippen LogP contribution in [0.25, 0.3) is 0 Å². The van der Waals surface area contributed by atoms with Gasteiger partial charge in [0.15, 0.2) is 0 Å². The Morgan fingerprint density at radius 3 is 2.52 bits per heavy atom. The predicted molar refractivity (Wildman–Crippen MR) is 84.3 cm³/mol. The van der Waals surface area contributed by atoms with E-state index >= 15 is 0 Å². The van der Waals surface area contributed by atoms with E-state index in [1.54, 1.807) is 19.1 Å². The molecule has 0 radical (unpaired) electrons. The zero-order valence-corrected chi connectivity index (χ0v) is 12.6. The summed E-state index contributed by atoms with van der Waals surface area (Å²) in [5.41, 5.74) is 0.389. The molecule has 0 aliphatic rings. The number of aromatic nitrogens is 1. The van der Waals surface area contributed by atoms with Crippen LogP contribution in [0.1, 0.15) is 5.69 Å². The van der Waals surface area contributed by atoms with Crippen LogP contribution in [0.15, 0.2) is 36.4 Å². The molecule has 23 heavy (non-hydrogen) atoms. The molecule has 0 unspecified atom stereocenters. The van der Waals surface area contributed by atoms with Gasteiger partial charge in [-0.2, -0.15) is 0 Å². The highest BCUT2D eigenvalue weighted by atomic mass is 35.5. The third-order valence-electron chi connectivity index (χ3n) is 2.74. The van der Waals surface area contributed by atoms with Gasteiger partial charge in [0.05, 0.1) is 4.92 Å². The quantitative estimate of drug-likeness (QED) is 0.508. The summed E-state index contributed by atoms with van der Waals surface area (Å²) in [4.78, 5) is 37.7. The first kappa shape index (κ1) is 16.4. The first-order valence-corrected chi connectivity index (χ1v) is 6.74. The van der Waals surface area contributed by atoms with E-state index in [9.17, 15) is 19.7 Å². The molecule has 0 spiro atoms. The molecular formula is C14H11ClN4O4. The lowest BCUT2D eigenvalue weighted by molar-refractivity contribution is -0.384. The van der Waals surface area contributed by atoms with Crippen LogP contribution in [-0.4, -0.2) is 21.7 Å². The van der Waals surface area contributed by atoms with Crippen molar-refractivity contribution in [3.8, 4) is 0 Å². The zero-order chi connectivity index (χ0) is 17.0. The van der Waals surface area contributed by atoms with Gasteiger partial charge < -0.3 is 10.6 Å². The van der Waals surface area contributed by atoms with Gasteiger partial charge in [-0.25, -0.2) is 4.98 Å². The number of amides is 2. The third-order valence-corrected chi connectivity index (χ3v) is 3.06. The molecular weight excluding hydrogens is 324 g/mol. The van der Waals surface area contributed by atoms with Crippen LogP contribution in [0, 0.1) is 17.0 Å². The fraction of sp³-hybridized carbons (Fsp3) is 0.0714. The van der Waals surface area contributed by atoms with Crippen LogP contribution < -0.4 is 10.6 Å². The first-order valence-electron chi connectivity index (χ1n) is 6.37. The highest BCUT2D eigenvalue weighted by molar-refractivity contribution is 6.43. The third kappa shape index (κ3) is 4.24. The van der Waals surface area contributed by atoms with Gasteiger partial charge in [0.2, 0.25) is 0 Å². The van der Waals surface area contributed by atoms with Crippen LogP contribution in [0.4, 0.5) is 17.2 Å². The minimum atomic E-state index is -0.982. The Balaban J connectivity index is 2.08. The summed E-state index contributed by atoms with van der Waals surface area (Å²) in [6, 6.07) is 8.63. The van der Waals surface area contributed by atoms with Gasteiger partial charge in [0.25, 0.3) is 5.69 Å². The average Bonchev–Trinajstić information content (AvgIpc) is 2.48. The topological polar surface area (TPSA) is 114 Å². The minimum Gasteiger partial charge on any atom is -0.318 e. The SMILES string of the molecule is Cc1cccc(NC(=O)C(=O)Nc2ccc(Cl)c([N+](=O)[O-])c2)n1. The Hall–Kier alpha value is -3.00. The molecule has 0 aliphatic heterocycles. The van der Waals surface area contributed by atoms with E-state index in [1.807, 2.05) is 0 Å². The molecule has 1 aromatic heterocycles. The van der Waals surface area contributed by atoms with Crippen molar-refractivity contribution in [2.24, 2.45) is 0 Å². The molecule has 2 amide bonds. The number of nitrogens with one attached hydrogen (secondary N) is 2. The molecule has 0 bridgehead atoms. The van der Waals surface area contributed by atoms with Gasteiger partial charge in [-0.05, 0) is 31.2 Å². The number of aryl methyl sites for hydroxylation is 1. The first-order chi connectivity index (χ1) is 10.9. The molecule has 2 N–H and O–H groups in total. The van der Waals surface area contributed by atoms with E-state index < -0.39 is 16.7 Å². The molecule has 8 nitrogen and oxygen atoms in total. The van der Waals surface area contributed by atoms with E-state index in [0.717, 1.165) is 6.07 Å². The molecule has 1 heterocycles. The van der Waals surface area contributed by atoms with Crippen LogP contribution in [0.5, 0.6) is 0 Å². The van der Waals surface area contributed by atoms with E-state index in [4.69, 9.17) is 11.6 Å². The summed E-state index contributed by atoms with van der Waals surface area (Å²) in [5.74, 6) is -1.70. The Morgan fingerprint density at radius 1 is 1.17 bits per heavy atom. The number of nitro benzene ring substituents is 1. The Labute approximate surface area is 135 Å². The van der Waals surface area contributed by atoms with Crippen molar-refractivity contribution >= 4 is 40.6 Å². The maximum atomic E-state index is 11.8. The second-order valence-electron chi connectivity index (χ2n) is 4.50. The van der Waals surface area contributed by atoms with E-state index in [1.165, 1.54) is 18.2 Å². The second-order valence-corrected chi connectivity index (χ2v) is 4.90. The molecule has 0 aliphatic carbocycles. The monoisotopic (exact) mass is 334 g/mol. The number of benzene rings is 1.